The number of aromatic carboxylic acids is 1. The number of hydrogen-bond donors (Lipinski definition) is 2. The van der Waals surface area contributed by atoms with Crippen LogP contribution >= 0.6 is 0 Å². The Morgan fingerprint density at radius 3 is 2.46 bits per heavy atom. The number of hydrogen-bond acceptors (Lipinski definition) is 4. The normalized spacial score (nSPS) is 13.0. The molecule has 0 bridgehead atoms. The smallest absolute Gasteiger partial charge is 0.416 e. The Bertz CT molecular complexity index is 1340. The van der Waals surface area contributed by atoms with Gasteiger partial charge >= 0.3 is 12.1 Å². The minimum atomic E-state index is -4.40. The number of aromatic amines is 1. The van der Waals surface area contributed by atoms with Crippen LogP contribution in [-0.4, -0.2) is 27.7 Å². The Labute approximate surface area is 199 Å². The molecule has 2 aromatic carbocycles. The summed E-state index contributed by atoms with van der Waals surface area (Å²) in [6.45, 7) is 6.56. The van der Waals surface area contributed by atoms with E-state index in [4.69, 9.17) is 14.3 Å². The zero-order chi connectivity index (χ0) is 25.3. The van der Waals surface area contributed by atoms with E-state index in [9.17, 15) is 18.0 Å². The van der Waals surface area contributed by atoms with Crippen LogP contribution in [0.4, 0.5) is 13.2 Å². The predicted octanol–water partition coefficient (Wildman–Crippen LogP) is 6.98. The van der Waals surface area contributed by atoms with Crippen LogP contribution in [-0.2, 0) is 17.5 Å². The van der Waals surface area contributed by atoms with Gasteiger partial charge in [0.05, 0.1) is 24.5 Å². The van der Waals surface area contributed by atoms with Crippen LogP contribution in [0.1, 0.15) is 65.7 Å². The quantitative estimate of drug-likeness (QED) is 0.280. The second-order valence-corrected chi connectivity index (χ2v) is 8.82. The number of carboxylic acid groups (broad SMARTS) is 1. The van der Waals surface area contributed by atoms with Gasteiger partial charge in [-0.2, -0.15) is 13.2 Å². The maximum absolute atomic E-state index is 12.9. The highest BCUT2D eigenvalue weighted by molar-refractivity contribution is 5.93. The number of fused-ring (bicyclic) bond motifs is 1. The zero-order valence-electron chi connectivity index (χ0n) is 19.4. The van der Waals surface area contributed by atoms with E-state index in [1.165, 1.54) is 12.1 Å². The van der Waals surface area contributed by atoms with Gasteiger partial charge in [-0.05, 0) is 53.9 Å². The van der Waals surface area contributed by atoms with Crippen LogP contribution in [0.3, 0.4) is 0 Å². The highest BCUT2D eigenvalue weighted by Crippen LogP contribution is 2.34. The number of nitrogens with one attached hydrogen (secondary N) is 1. The van der Waals surface area contributed by atoms with Crippen LogP contribution < -0.4 is 0 Å². The molecular weight excluding hydrogens is 461 g/mol. The van der Waals surface area contributed by atoms with Crippen LogP contribution in [0, 0.1) is 0 Å². The van der Waals surface area contributed by atoms with Gasteiger partial charge in [-0.1, -0.05) is 26.8 Å². The molecule has 35 heavy (non-hydrogen) atoms. The lowest BCUT2D eigenvalue weighted by atomic mass is 10.0. The molecule has 1 unspecified atom stereocenters. The summed E-state index contributed by atoms with van der Waals surface area (Å²) in [7, 11) is 0. The molecule has 0 fully saturated rings. The first kappa shape index (κ1) is 24.5. The minimum Gasteiger partial charge on any atom is -0.477 e. The second kappa shape index (κ2) is 9.58. The van der Waals surface area contributed by atoms with Gasteiger partial charge in [0.15, 0.2) is 0 Å². The summed E-state index contributed by atoms with van der Waals surface area (Å²) >= 11 is 0. The van der Waals surface area contributed by atoms with E-state index >= 15 is 0 Å². The third-order valence-electron chi connectivity index (χ3n) is 5.69. The van der Waals surface area contributed by atoms with Crippen LogP contribution in [0.5, 0.6) is 0 Å². The Morgan fingerprint density at radius 1 is 1.11 bits per heavy atom. The molecule has 4 rings (SSSR count). The van der Waals surface area contributed by atoms with E-state index in [1.54, 1.807) is 6.07 Å². The standard InChI is InChI=1S/C26H25F3N2O4/c1-14(2)22-23(35-24(31-22)17-5-7-19(8-6-17)26(27,28)29)15(3)12-34-13-16-4-9-20-18(10-16)11-21(30-20)25(32)33/h4-11,14-15,30H,12-13H2,1-3H3,(H,32,33). The predicted molar refractivity (Wildman–Crippen MR) is 124 cm³/mol. The highest BCUT2D eigenvalue weighted by Gasteiger charge is 2.30. The molecule has 2 heterocycles. The van der Waals surface area contributed by atoms with Crippen molar-refractivity contribution in [2.45, 2.75) is 45.4 Å². The van der Waals surface area contributed by atoms with Crippen molar-refractivity contribution in [2.24, 2.45) is 0 Å². The lowest BCUT2D eigenvalue weighted by molar-refractivity contribution is -0.137. The molecule has 0 saturated heterocycles. The summed E-state index contributed by atoms with van der Waals surface area (Å²) < 4.78 is 50.5. The van der Waals surface area contributed by atoms with Crippen LogP contribution in [0.2, 0.25) is 0 Å². The molecule has 2 aromatic heterocycles. The maximum Gasteiger partial charge on any atom is 0.416 e. The van der Waals surface area contributed by atoms with Gasteiger partial charge in [0.2, 0.25) is 5.89 Å². The van der Waals surface area contributed by atoms with Crippen molar-refractivity contribution in [3.63, 3.8) is 0 Å². The van der Waals surface area contributed by atoms with Gasteiger partial charge in [-0.3, -0.25) is 0 Å². The third-order valence-corrected chi connectivity index (χ3v) is 5.69. The SMILES string of the molecule is CC(C)c1nc(-c2ccc(C(F)(F)F)cc2)oc1C(C)COCc1ccc2[nH]c(C(=O)O)cc2c1. The van der Waals surface area contributed by atoms with Gasteiger partial charge in [-0.25, -0.2) is 9.78 Å². The van der Waals surface area contributed by atoms with E-state index in [1.807, 2.05) is 39.0 Å². The first-order chi connectivity index (χ1) is 16.5. The lowest BCUT2D eigenvalue weighted by Crippen LogP contribution is -2.07. The molecule has 0 radical (unpaired) electrons. The fourth-order valence-corrected chi connectivity index (χ4v) is 3.85. The van der Waals surface area contributed by atoms with Gasteiger partial charge in [0, 0.05) is 22.4 Å². The molecule has 0 aliphatic rings. The number of H-pyrrole nitrogens is 1. The van der Waals surface area contributed by atoms with E-state index < -0.39 is 17.7 Å². The van der Waals surface area contributed by atoms with Crippen LogP contribution in [0.25, 0.3) is 22.4 Å². The van der Waals surface area contributed by atoms with E-state index in [0.29, 0.717) is 24.5 Å². The van der Waals surface area contributed by atoms with Crippen molar-refractivity contribution in [3.8, 4) is 11.5 Å². The summed E-state index contributed by atoms with van der Waals surface area (Å²) in [5, 5.41) is 9.92. The molecule has 6 nitrogen and oxygen atoms in total. The number of alkyl halides is 3. The summed E-state index contributed by atoms with van der Waals surface area (Å²) in [5.74, 6) is -0.188. The largest absolute Gasteiger partial charge is 0.477 e. The number of oxazole rings is 1. The van der Waals surface area contributed by atoms with E-state index in [2.05, 4.69) is 9.97 Å². The number of carboxylic acids is 1. The second-order valence-electron chi connectivity index (χ2n) is 8.82. The fourth-order valence-electron chi connectivity index (χ4n) is 3.85. The van der Waals surface area contributed by atoms with Gasteiger partial charge < -0.3 is 19.2 Å². The zero-order valence-corrected chi connectivity index (χ0v) is 19.4. The van der Waals surface area contributed by atoms with E-state index in [-0.39, 0.29) is 23.4 Å². The molecule has 4 aromatic rings. The van der Waals surface area contributed by atoms with Gasteiger partial charge in [-0.15, -0.1) is 0 Å². The summed E-state index contributed by atoms with van der Waals surface area (Å²) in [6.07, 6.45) is -4.40. The maximum atomic E-state index is 12.9. The Kier molecular flexibility index (Phi) is 6.71. The number of aromatic nitrogens is 2. The molecule has 0 amide bonds. The molecule has 0 aliphatic heterocycles. The fraction of sp³-hybridized carbons (Fsp3) is 0.308. The molecular formula is C26H25F3N2O4. The topological polar surface area (TPSA) is 88.4 Å². The lowest BCUT2D eigenvalue weighted by Gasteiger charge is -2.12. The molecule has 0 saturated carbocycles. The number of ether oxygens (including phenoxy) is 1. The molecule has 184 valence electrons. The average Bonchev–Trinajstić information content (AvgIpc) is 3.43. The highest BCUT2D eigenvalue weighted by atomic mass is 19.4. The van der Waals surface area contributed by atoms with Crippen molar-refractivity contribution in [2.75, 3.05) is 6.61 Å². The Balaban J connectivity index is 1.46. The molecule has 0 spiro atoms. The van der Waals surface area contributed by atoms with Crippen molar-refractivity contribution in [1.82, 2.24) is 9.97 Å². The summed E-state index contributed by atoms with van der Waals surface area (Å²) in [6, 6.07) is 11.9. The van der Waals surface area contributed by atoms with Crippen molar-refractivity contribution < 1.29 is 32.2 Å². The van der Waals surface area contributed by atoms with Gasteiger partial charge in [0.1, 0.15) is 11.5 Å². The first-order valence-electron chi connectivity index (χ1n) is 11.1. The molecule has 2 N–H and O–H groups in total. The van der Waals surface area contributed by atoms with E-state index in [0.717, 1.165) is 34.3 Å². The summed E-state index contributed by atoms with van der Waals surface area (Å²) in [4.78, 5) is 18.5. The van der Waals surface area contributed by atoms with Gasteiger partial charge in [0.25, 0.3) is 0 Å². The minimum absolute atomic E-state index is 0.0545. The summed E-state index contributed by atoms with van der Waals surface area (Å²) in [5.41, 5.74) is 2.25. The average molecular weight is 486 g/mol. The number of carbonyl (C=O) groups is 1. The molecule has 9 heteroatoms. The molecule has 0 aliphatic carbocycles. The Hall–Kier alpha value is -3.59. The number of nitrogens with zero attached hydrogens (tertiary/aromatic N) is 1. The molecule has 1 atom stereocenters. The van der Waals surface area contributed by atoms with Crippen molar-refractivity contribution >= 4 is 16.9 Å². The number of benzene rings is 2. The monoisotopic (exact) mass is 486 g/mol. The van der Waals surface area contributed by atoms with Crippen LogP contribution in [0.15, 0.2) is 52.9 Å². The first-order valence-corrected chi connectivity index (χ1v) is 11.1. The van der Waals surface area contributed by atoms with Crippen molar-refractivity contribution in [1.29, 1.82) is 0 Å². The Morgan fingerprint density at radius 2 is 1.83 bits per heavy atom. The third kappa shape index (κ3) is 5.40. The number of rotatable bonds is 8. The van der Waals surface area contributed by atoms with Crippen molar-refractivity contribution in [3.05, 3.63) is 76.8 Å². The number of halogens is 3.